The van der Waals surface area contributed by atoms with Crippen molar-refractivity contribution in [3.63, 3.8) is 0 Å². The lowest BCUT2D eigenvalue weighted by Gasteiger charge is -2.32. The van der Waals surface area contributed by atoms with Gasteiger partial charge < -0.3 is 5.32 Å². The summed E-state index contributed by atoms with van der Waals surface area (Å²) in [5.74, 6) is 0. The first-order valence-corrected chi connectivity index (χ1v) is 8.50. The molecule has 1 unspecified atom stereocenters. The number of rotatable bonds is 5. The highest BCUT2D eigenvalue weighted by atomic mass is 15.2. The summed E-state index contributed by atoms with van der Waals surface area (Å²) in [6.45, 7) is 12.8. The molecule has 21 heavy (non-hydrogen) atoms. The van der Waals surface area contributed by atoms with Gasteiger partial charge in [0.05, 0.1) is 0 Å². The van der Waals surface area contributed by atoms with Crippen molar-refractivity contribution in [2.45, 2.75) is 59.0 Å². The molecule has 1 heterocycles. The number of benzene rings is 1. The van der Waals surface area contributed by atoms with Crippen LogP contribution in [0.5, 0.6) is 0 Å². The zero-order chi connectivity index (χ0) is 15.3. The van der Waals surface area contributed by atoms with Crippen molar-refractivity contribution < 1.29 is 0 Å². The minimum Gasteiger partial charge on any atom is -0.313 e. The fourth-order valence-electron chi connectivity index (χ4n) is 3.24. The first kappa shape index (κ1) is 16.5. The number of likely N-dealkylation sites (tertiary alicyclic amines) is 1. The quantitative estimate of drug-likeness (QED) is 0.872. The summed E-state index contributed by atoms with van der Waals surface area (Å²) >= 11 is 0. The molecule has 1 aromatic carbocycles. The maximum atomic E-state index is 3.64. The summed E-state index contributed by atoms with van der Waals surface area (Å²) in [6.07, 6.45) is 3.97. The molecule has 0 saturated carbocycles. The van der Waals surface area contributed by atoms with Crippen LogP contribution in [0, 0.1) is 5.41 Å². The summed E-state index contributed by atoms with van der Waals surface area (Å²) in [5.41, 5.74) is 1.95. The van der Waals surface area contributed by atoms with Crippen molar-refractivity contribution in [1.29, 1.82) is 0 Å². The molecule has 1 atom stereocenters. The average molecular weight is 288 g/mol. The summed E-state index contributed by atoms with van der Waals surface area (Å²) in [4.78, 5) is 2.69. The van der Waals surface area contributed by atoms with Gasteiger partial charge in [0, 0.05) is 18.6 Å². The van der Waals surface area contributed by atoms with E-state index in [-0.39, 0.29) is 0 Å². The molecule has 1 fully saturated rings. The summed E-state index contributed by atoms with van der Waals surface area (Å²) in [6, 6.07) is 12.0. The fourth-order valence-corrected chi connectivity index (χ4v) is 3.24. The minimum absolute atomic E-state index is 0.501. The zero-order valence-corrected chi connectivity index (χ0v) is 14.2. The van der Waals surface area contributed by atoms with Gasteiger partial charge in [-0.3, -0.25) is 4.90 Å². The van der Waals surface area contributed by atoms with Crippen molar-refractivity contribution in [1.82, 2.24) is 10.2 Å². The number of hydrogen-bond donors (Lipinski definition) is 1. The van der Waals surface area contributed by atoms with Crippen LogP contribution in [0.25, 0.3) is 0 Å². The number of hydrogen-bond acceptors (Lipinski definition) is 2. The molecule has 0 bridgehead atoms. The van der Waals surface area contributed by atoms with Gasteiger partial charge in [0.15, 0.2) is 0 Å². The first-order chi connectivity index (χ1) is 9.98. The third kappa shape index (κ3) is 5.12. The summed E-state index contributed by atoms with van der Waals surface area (Å²) in [7, 11) is 0. The topological polar surface area (TPSA) is 15.3 Å². The minimum atomic E-state index is 0.501. The van der Waals surface area contributed by atoms with E-state index in [4.69, 9.17) is 0 Å². The van der Waals surface area contributed by atoms with E-state index in [2.05, 4.69) is 68.2 Å². The molecule has 0 spiro atoms. The van der Waals surface area contributed by atoms with E-state index < -0.39 is 0 Å². The lowest BCUT2D eigenvalue weighted by atomic mass is 9.85. The molecule has 0 aliphatic carbocycles. The second-order valence-corrected chi connectivity index (χ2v) is 7.54. The number of nitrogens with one attached hydrogen (secondary N) is 1. The van der Waals surface area contributed by atoms with Crippen LogP contribution in [0.2, 0.25) is 0 Å². The summed E-state index contributed by atoms with van der Waals surface area (Å²) in [5, 5.41) is 3.64. The van der Waals surface area contributed by atoms with Gasteiger partial charge in [0.2, 0.25) is 0 Å². The van der Waals surface area contributed by atoms with E-state index in [1.165, 1.54) is 37.9 Å². The smallest absolute Gasteiger partial charge is 0.0472 e. The van der Waals surface area contributed by atoms with Gasteiger partial charge >= 0.3 is 0 Å². The molecular weight excluding hydrogens is 256 g/mol. The molecule has 0 amide bonds. The van der Waals surface area contributed by atoms with Gasteiger partial charge in [-0.05, 0) is 43.3 Å². The molecule has 2 nitrogen and oxygen atoms in total. The molecule has 0 radical (unpaired) electrons. The Hall–Kier alpha value is -0.860. The normalized spacial score (nSPS) is 21.2. The van der Waals surface area contributed by atoms with Gasteiger partial charge in [0.25, 0.3) is 0 Å². The van der Waals surface area contributed by atoms with Gasteiger partial charge in [0.1, 0.15) is 0 Å². The molecule has 118 valence electrons. The lowest BCUT2D eigenvalue weighted by molar-refractivity contribution is 0.189. The molecule has 1 aromatic rings. The standard InChI is InChI=1S/C19H32N2/c1-16(2)20-15-18(17-9-6-5-7-10-17)21-13-8-11-19(3,4)12-14-21/h5-7,9-10,16,18,20H,8,11-15H2,1-4H3. The van der Waals surface area contributed by atoms with E-state index in [9.17, 15) is 0 Å². The third-order valence-corrected chi connectivity index (χ3v) is 4.72. The monoisotopic (exact) mass is 288 g/mol. The largest absolute Gasteiger partial charge is 0.313 e. The molecule has 2 heteroatoms. The van der Waals surface area contributed by atoms with Crippen LogP contribution >= 0.6 is 0 Å². The van der Waals surface area contributed by atoms with E-state index in [1.807, 2.05) is 0 Å². The van der Waals surface area contributed by atoms with Crippen molar-refractivity contribution in [3.8, 4) is 0 Å². The van der Waals surface area contributed by atoms with Crippen LogP contribution in [0.15, 0.2) is 30.3 Å². The number of nitrogens with zero attached hydrogens (tertiary/aromatic N) is 1. The third-order valence-electron chi connectivity index (χ3n) is 4.72. The van der Waals surface area contributed by atoms with Crippen molar-refractivity contribution in [2.24, 2.45) is 5.41 Å². The van der Waals surface area contributed by atoms with Crippen LogP contribution in [0.3, 0.4) is 0 Å². The van der Waals surface area contributed by atoms with Gasteiger partial charge in [-0.25, -0.2) is 0 Å². The van der Waals surface area contributed by atoms with Gasteiger partial charge in [-0.15, -0.1) is 0 Å². The van der Waals surface area contributed by atoms with E-state index in [0.29, 0.717) is 17.5 Å². The fraction of sp³-hybridized carbons (Fsp3) is 0.684. The Morgan fingerprint density at radius 3 is 2.48 bits per heavy atom. The van der Waals surface area contributed by atoms with Gasteiger partial charge in [-0.2, -0.15) is 0 Å². The molecular formula is C19H32N2. The highest BCUT2D eigenvalue weighted by Gasteiger charge is 2.27. The summed E-state index contributed by atoms with van der Waals surface area (Å²) < 4.78 is 0. The molecule has 1 saturated heterocycles. The lowest BCUT2D eigenvalue weighted by Crippen LogP contribution is -2.38. The van der Waals surface area contributed by atoms with Crippen LogP contribution in [-0.2, 0) is 0 Å². The average Bonchev–Trinajstić information content (AvgIpc) is 2.61. The van der Waals surface area contributed by atoms with Crippen LogP contribution in [0.1, 0.15) is 58.6 Å². The Labute approximate surface area is 130 Å². The van der Waals surface area contributed by atoms with Crippen LogP contribution in [-0.4, -0.2) is 30.6 Å². The second-order valence-electron chi connectivity index (χ2n) is 7.54. The van der Waals surface area contributed by atoms with Gasteiger partial charge in [-0.1, -0.05) is 58.0 Å². The Balaban J connectivity index is 2.11. The maximum Gasteiger partial charge on any atom is 0.0472 e. The Morgan fingerprint density at radius 2 is 1.81 bits per heavy atom. The first-order valence-electron chi connectivity index (χ1n) is 8.50. The highest BCUT2D eigenvalue weighted by molar-refractivity contribution is 5.19. The predicted molar refractivity (Wildman–Crippen MR) is 91.5 cm³/mol. The van der Waals surface area contributed by atoms with E-state index in [1.54, 1.807) is 0 Å². The van der Waals surface area contributed by atoms with Crippen molar-refractivity contribution in [3.05, 3.63) is 35.9 Å². The SMILES string of the molecule is CC(C)NCC(c1ccccc1)N1CCCC(C)(C)CC1. The maximum absolute atomic E-state index is 3.64. The Kier molecular flexibility index (Phi) is 5.83. The molecule has 1 aliphatic heterocycles. The van der Waals surface area contributed by atoms with Crippen molar-refractivity contribution in [2.75, 3.05) is 19.6 Å². The predicted octanol–water partition coefficient (Wildman–Crippen LogP) is 4.24. The van der Waals surface area contributed by atoms with Crippen LogP contribution < -0.4 is 5.32 Å². The Bertz CT molecular complexity index is 411. The molecule has 2 rings (SSSR count). The molecule has 1 aliphatic rings. The molecule has 1 N–H and O–H groups in total. The van der Waals surface area contributed by atoms with Crippen molar-refractivity contribution >= 4 is 0 Å². The van der Waals surface area contributed by atoms with E-state index >= 15 is 0 Å². The molecule has 0 aromatic heterocycles. The Morgan fingerprint density at radius 1 is 1.10 bits per heavy atom. The highest BCUT2D eigenvalue weighted by Crippen LogP contribution is 2.33. The van der Waals surface area contributed by atoms with E-state index in [0.717, 1.165) is 6.54 Å². The van der Waals surface area contributed by atoms with Crippen LogP contribution in [0.4, 0.5) is 0 Å². The second kappa shape index (κ2) is 7.42. The zero-order valence-electron chi connectivity index (χ0n) is 14.2.